The van der Waals surface area contributed by atoms with Gasteiger partial charge in [-0.15, -0.1) is 0 Å². The Labute approximate surface area is 74.3 Å². The molecule has 0 radical (unpaired) electrons. The molecule has 4 nitrogen and oxygen atoms in total. The van der Waals surface area contributed by atoms with Crippen LogP contribution < -0.4 is 0 Å². The minimum atomic E-state index is -0.668. The number of carbonyl (C=O) groups excluding carboxylic acids is 3. The normalized spacial score (nSPS) is 17.8. The van der Waals surface area contributed by atoms with E-state index in [-0.39, 0.29) is 0 Å². The fourth-order valence-electron chi connectivity index (χ4n) is 0.880. The van der Waals surface area contributed by atoms with Crippen molar-refractivity contribution in [3.05, 3.63) is 0 Å². The average molecular weight is 187 g/mol. The third kappa shape index (κ3) is 1.66. The summed E-state index contributed by atoms with van der Waals surface area (Å²) < 4.78 is 0. The van der Waals surface area contributed by atoms with Crippen LogP contribution in [-0.4, -0.2) is 27.7 Å². The van der Waals surface area contributed by atoms with E-state index in [0.29, 0.717) is 18.3 Å². The van der Waals surface area contributed by atoms with Gasteiger partial charge in [-0.2, -0.15) is 0 Å². The van der Waals surface area contributed by atoms with Crippen molar-refractivity contribution >= 4 is 28.0 Å². The van der Waals surface area contributed by atoms with Crippen LogP contribution >= 0.6 is 11.8 Å². The third-order valence-corrected chi connectivity index (χ3v) is 2.31. The van der Waals surface area contributed by atoms with E-state index in [1.165, 1.54) is 0 Å². The molecule has 1 fully saturated rings. The van der Waals surface area contributed by atoms with Crippen molar-refractivity contribution in [1.29, 1.82) is 0 Å². The maximum absolute atomic E-state index is 11.0. The standard InChI is InChI=1S/C7H9NO3S/c1-2-3-4-8-5(9)6(10)12-7(8)11/h2-4H2,1H3. The lowest BCUT2D eigenvalue weighted by Crippen LogP contribution is -2.30. The number of hydrogen-bond donors (Lipinski definition) is 0. The molecule has 0 aromatic heterocycles. The van der Waals surface area contributed by atoms with Gasteiger partial charge in [0.05, 0.1) is 0 Å². The van der Waals surface area contributed by atoms with Gasteiger partial charge >= 0.3 is 5.91 Å². The SMILES string of the molecule is CCCCN1C(=O)SC(=O)C1=O. The summed E-state index contributed by atoms with van der Waals surface area (Å²) in [4.78, 5) is 33.6. The van der Waals surface area contributed by atoms with E-state index in [1.54, 1.807) is 0 Å². The molecule has 0 spiro atoms. The maximum atomic E-state index is 11.0. The lowest BCUT2D eigenvalue weighted by Gasteiger charge is -2.09. The number of unbranched alkanes of at least 4 members (excludes halogenated alkanes) is 1. The molecule has 1 aliphatic heterocycles. The van der Waals surface area contributed by atoms with Gasteiger partial charge in [-0.05, 0) is 6.42 Å². The van der Waals surface area contributed by atoms with Gasteiger partial charge in [0.15, 0.2) is 0 Å². The summed E-state index contributed by atoms with van der Waals surface area (Å²) in [5, 5.41) is -1.09. The summed E-state index contributed by atoms with van der Waals surface area (Å²) in [5.74, 6) is -0.668. The van der Waals surface area contributed by atoms with Crippen molar-refractivity contribution < 1.29 is 14.4 Å². The predicted molar refractivity (Wildman–Crippen MR) is 44.6 cm³/mol. The van der Waals surface area contributed by atoms with Gasteiger partial charge in [0.25, 0.3) is 10.4 Å². The van der Waals surface area contributed by atoms with Crippen LogP contribution in [0.3, 0.4) is 0 Å². The second kappa shape index (κ2) is 3.71. The molecule has 0 bridgehead atoms. The molecule has 0 saturated carbocycles. The van der Waals surface area contributed by atoms with Gasteiger partial charge in [0.1, 0.15) is 0 Å². The zero-order chi connectivity index (χ0) is 9.14. The first kappa shape index (κ1) is 9.25. The van der Waals surface area contributed by atoms with Gasteiger partial charge in [0, 0.05) is 18.3 Å². The summed E-state index contributed by atoms with van der Waals surface area (Å²) in [7, 11) is 0. The zero-order valence-electron chi connectivity index (χ0n) is 6.70. The molecule has 12 heavy (non-hydrogen) atoms. The zero-order valence-corrected chi connectivity index (χ0v) is 7.52. The Kier molecular flexibility index (Phi) is 2.86. The molecule has 0 N–H and O–H groups in total. The van der Waals surface area contributed by atoms with Crippen molar-refractivity contribution in [3.8, 4) is 0 Å². The molecule has 2 amide bonds. The monoisotopic (exact) mass is 187 g/mol. The fraction of sp³-hybridized carbons (Fsp3) is 0.571. The molecular weight excluding hydrogens is 178 g/mol. The van der Waals surface area contributed by atoms with E-state index in [1.807, 2.05) is 6.92 Å². The van der Waals surface area contributed by atoms with E-state index in [9.17, 15) is 14.4 Å². The van der Waals surface area contributed by atoms with Gasteiger partial charge in [-0.3, -0.25) is 19.3 Å². The number of rotatable bonds is 3. The number of nitrogens with zero attached hydrogens (tertiary/aromatic N) is 1. The fourth-order valence-corrected chi connectivity index (χ4v) is 1.52. The molecule has 1 saturated heterocycles. The molecule has 5 heteroatoms. The van der Waals surface area contributed by atoms with Gasteiger partial charge in [-0.1, -0.05) is 13.3 Å². The highest BCUT2D eigenvalue weighted by atomic mass is 32.2. The van der Waals surface area contributed by atoms with Gasteiger partial charge in [0.2, 0.25) is 0 Å². The van der Waals surface area contributed by atoms with Crippen LogP contribution in [0.15, 0.2) is 0 Å². The summed E-state index contributed by atoms with van der Waals surface area (Å²) >= 11 is 0.486. The lowest BCUT2D eigenvalue weighted by molar-refractivity contribution is -0.137. The van der Waals surface area contributed by atoms with Crippen LogP contribution in [0.25, 0.3) is 0 Å². The Morgan fingerprint density at radius 1 is 1.33 bits per heavy atom. The average Bonchev–Trinajstić information content (AvgIpc) is 2.25. The maximum Gasteiger partial charge on any atom is 0.309 e. The van der Waals surface area contributed by atoms with E-state index in [4.69, 9.17) is 0 Å². The number of carbonyl (C=O) groups is 3. The molecule has 66 valence electrons. The Morgan fingerprint density at radius 3 is 2.42 bits per heavy atom. The predicted octanol–water partition coefficient (Wildman–Crippen LogP) is 1.01. The van der Waals surface area contributed by atoms with Crippen LogP contribution in [0, 0.1) is 0 Å². The highest BCUT2D eigenvalue weighted by Crippen LogP contribution is 2.20. The molecule has 0 unspecified atom stereocenters. The van der Waals surface area contributed by atoms with Crippen LogP contribution in [0.2, 0.25) is 0 Å². The largest absolute Gasteiger partial charge is 0.309 e. The molecule has 0 aromatic rings. The number of thioether (sulfide) groups is 1. The summed E-state index contributed by atoms with van der Waals surface area (Å²) in [5.41, 5.74) is 0. The molecule has 0 aromatic carbocycles. The number of hydrogen-bond acceptors (Lipinski definition) is 4. The van der Waals surface area contributed by atoms with Crippen LogP contribution in [0.4, 0.5) is 4.79 Å². The van der Waals surface area contributed by atoms with Crippen LogP contribution in [-0.2, 0) is 9.59 Å². The first-order valence-electron chi connectivity index (χ1n) is 3.74. The highest BCUT2D eigenvalue weighted by Gasteiger charge is 2.37. The molecule has 1 rings (SSSR count). The minimum Gasteiger partial charge on any atom is -0.275 e. The second-order valence-electron chi connectivity index (χ2n) is 2.47. The third-order valence-electron chi connectivity index (χ3n) is 1.56. The van der Waals surface area contributed by atoms with E-state index in [2.05, 4.69) is 0 Å². The first-order valence-corrected chi connectivity index (χ1v) is 4.56. The topological polar surface area (TPSA) is 54.5 Å². The Bertz CT molecular complexity index is 239. The Morgan fingerprint density at radius 2 is 2.00 bits per heavy atom. The smallest absolute Gasteiger partial charge is 0.275 e. The summed E-state index contributed by atoms with van der Waals surface area (Å²) in [6, 6.07) is 0. The van der Waals surface area contributed by atoms with Crippen molar-refractivity contribution in [1.82, 2.24) is 4.90 Å². The quantitative estimate of drug-likeness (QED) is 0.619. The van der Waals surface area contributed by atoms with Crippen molar-refractivity contribution in [2.45, 2.75) is 19.8 Å². The number of imide groups is 1. The Hall–Kier alpha value is -0.840. The first-order chi connectivity index (χ1) is 5.66. The van der Waals surface area contributed by atoms with Crippen molar-refractivity contribution in [3.63, 3.8) is 0 Å². The Balaban J connectivity index is 2.58. The van der Waals surface area contributed by atoms with Crippen LogP contribution in [0.1, 0.15) is 19.8 Å². The van der Waals surface area contributed by atoms with E-state index < -0.39 is 16.3 Å². The molecule has 1 aliphatic rings. The van der Waals surface area contributed by atoms with Crippen molar-refractivity contribution in [2.24, 2.45) is 0 Å². The summed E-state index contributed by atoms with van der Waals surface area (Å²) in [6.45, 7) is 2.33. The molecule has 0 atom stereocenters. The minimum absolute atomic E-state index is 0.368. The lowest BCUT2D eigenvalue weighted by atomic mass is 10.3. The van der Waals surface area contributed by atoms with E-state index in [0.717, 1.165) is 17.7 Å². The summed E-state index contributed by atoms with van der Waals surface area (Å²) in [6.07, 6.45) is 1.65. The van der Waals surface area contributed by atoms with E-state index >= 15 is 0 Å². The van der Waals surface area contributed by atoms with Crippen LogP contribution in [0.5, 0.6) is 0 Å². The van der Waals surface area contributed by atoms with Gasteiger partial charge < -0.3 is 0 Å². The van der Waals surface area contributed by atoms with Crippen molar-refractivity contribution in [2.75, 3.05) is 6.54 Å². The molecule has 0 aliphatic carbocycles. The highest BCUT2D eigenvalue weighted by molar-refractivity contribution is 8.28. The number of amides is 2. The second-order valence-corrected chi connectivity index (χ2v) is 3.39. The molecule has 1 heterocycles. The van der Waals surface area contributed by atoms with Gasteiger partial charge in [-0.25, -0.2) is 0 Å². The molecular formula is C7H9NO3S.